The van der Waals surface area contributed by atoms with Crippen molar-refractivity contribution in [2.75, 3.05) is 13.2 Å². The molecule has 34 heavy (non-hydrogen) atoms. The van der Waals surface area contributed by atoms with E-state index in [0.29, 0.717) is 42.3 Å². The molecule has 2 aromatic rings. The molecular weight excluding hydrogens is 436 g/mol. The van der Waals surface area contributed by atoms with E-state index in [1.807, 2.05) is 0 Å². The number of ether oxygens (including phenoxy) is 4. The summed E-state index contributed by atoms with van der Waals surface area (Å²) in [6, 6.07) is 13.0. The van der Waals surface area contributed by atoms with E-state index in [2.05, 4.69) is 6.58 Å². The van der Waals surface area contributed by atoms with Crippen LogP contribution in [-0.2, 0) is 14.3 Å². The molecule has 1 saturated carbocycles. The van der Waals surface area contributed by atoms with Gasteiger partial charge in [0.1, 0.15) is 17.6 Å². The van der Waals surface area contributed by atoms with Gasteiger partial charge in [0.2, 0.25) is 0 Å². The lowest BCUT2D eigenvalue weighted by Gasteiger charge is -2.21. The van der Waals surface area contributed by atoms with Crippen LogP contribution < -0.4 is 9.47 Å². The fourth-order valence-corrected chi connectivity index (χ4v) is 3.54. The standard InChI is InChI=1S/C27H30O7/c1-2-25(28)32-19-7-6-18-31-22-14-10-20(11-15-22)27(30)34-24-16-12-21(13-17-24)26(29)33-23-8-4-3-5-9-23/h2,10-17,23H,1,3-9,18-19H2. The number of benzene rings is 2. The molecule has 0 aromatic heterocycles. The summed E-state index contributed by atoms with van der Waals surface area (Å²) in [4.78, 5) is 35.7. The molecule has 0 N–H and O–H groups in total. The summed E-state index contributed by atoms with van der Waals surface area (Å²) in [5.41, 5.74) is 0.815. The predicted octanol–water partition coefficient (Wildman–Crippen LogP) is 5.28. The van der Waals surface area contributed by atoms with Crippen LogP contribution in [0.5, 0.6) is 11.5 Å². The van der Waals surface area contributed by atoms with Crippen molar-refractivity contribution in [2.24, 2.45) is 0 Å². The topological polar surface area (TPSA) is 88.1 Å². The predicted molar refractivity (Wildman–Crippen MR) is 126 cm³/mol. The number of hydrogen-bond donors (Lipinski definition) is 0. The van der Waals surface area contributed by atoms with Crippen molar-refractivity contribution in [1.82, 2.24) is 0 Å². The molecule has 0 bridgehead atoms. The zero-order valence-corrected chi connectivity index (χ0v) is 19.2. The molecule has 0 atom stereocenters. The van der Waals surface area contributed by atoms with Crippen molar-refractivity contribution < 1.29 is 33.3 Å². The molecule has 1 aliphatic rings. The maximum atomic E-state index is 12.4. The average Bonchev–Trinajstić information content (AvgIpc) is 2.87. The largest absolute Gasteiger partial charge is 0.494 e. The molecular formula is C27H30O7. The third-order valence-electron chi connectivity index (χ3n) is 5.43. The fourth-order valence-electron chi connectivity index (χ4n) is 3.54. The summed E-state index contributed by atoms with van der Waals surface area (Å²) in [5, 5.41) is 0. The number of carbonyl (C=O) groups is 3. The molecule has 1 fully saturated rings. The zero-order valence-electron chi connectivity index (χ0n) is 19.2. The van der Waals surface area contributed by atoms with Crippen LogP contribution in [0.25, 0.3) is 0 Å². The first-order chi connectivity index (χ1) is 16.5. The second kappa shape index (κ2) is 13.2. The molecule has 0 radical (unpaired) electrons. The Kier molecular flexibility index (Phi) is 9.70. The van der Waals surface area contributed by atoms with Crippen LogP contribution in [0.15, 0.2) is 61.2 Å². The minimum Gasteiger partial charge on any atom is -0.494 e. The van der Waals surface area contributed by atoms with Crippen LogP contribution in [0.2, 0.25) is 0 Å². The molecule has 0 unspecified atom stereocenters. The molecule has 0 heterocycles. The van der Waals surface area contributed by atoms with Gasteiger partial charge in [0.25, 0.3) is 0 Å². The van der Waals surface area contributed by atoms with Gasteiger partial charge in [-0.15, -0.1) is 0 Å². The molecule has 0 aliphatic heterocycles. The van der Waals surface area contributed by atoms with Crippen LogP contribution in [0.4, 0.5) is 0 Å². The van der Waals surface area contributed by atoms with Gasteiger partial charge in [-0.25, -0.2) is 14.4 Å². The first-order valence-electron chi connectivity index (χ1n) is 11.6. The van der Waals surface area contributed by atoms with Gasteiger partial charge in [0.05, 0.1) is 24.3 Å². The highest BCUT2D eigenvalue weighted by molar-refractivity contribution is 5.92. The maximum absolute atomic E-state index is 12.4. The Hall–Kier alpha value is -3.61. The van der Waals surface area contributed by atoms with Crippen LogP contribution in [0.3, 0.4) is 0 Å². The van der Waals surface area contributed by atoms with E-state index in [1.165, 1.54) is 6.42 Å². The first kappa shape index (κ1) is 25.0. The zero-order chi connectivity index (χ0) is 24.2. The molecule has 7 nitrogen and oxygen atoms in total. The summed E-state index contributed by atoms with van der Waals surface area (Å²) >= 11 is 0. The summed E-state index contributed by atoms with van der Waals surface area (Å²) in [5.74, 6) is -0.320. The molecule has 0 amide bonds. The SMILES string of the molecule is C=CC(=O)OCCCCOc1ccc(C(=O)Oc2ccc(C(=O)OC3CCCCC3)cc2)cc1. The van der Waals surface area contributed by atoms with Gasteiger partial charge in [-0.2, -0.15) is 0 Å². The molecule has 0 spiro atoms. The van der Waals surface area contributed by atoms with Gasteiger partial charge in [-0.05, 0) is 87.1 Å². The molecule has 3 rings (SSSR count). The van der Waals surface area contributed by atoms with E-state index in [1.54, 1.807) is 48.5 Å². The van der Waals surface area contributed by atoms with Crippen molar-refractivity contribution in [3.8, 4) is 11.5 Å². The summed E-state index contributed by atoms with van der Waals surface area (Å²) in [7, 11) is 0. The van der Waals surface area contributed by atoms with Gasteiger partial charge in [0.15, 0.2) is 0 Å². The maximum Gasteiger partial charge on any atom is 0.343 e. The van der Waals surface area contributed by atoms with Gasteiger partial charge in [-0.1, -0.05) is 13.0 Å². The van der Waals surface area contributed by atoms with Gasteiger partial charge >= 0.3 is 17.9 Å². The van der Waals surface area contributed by atoms with E-state index in [4.69, 9.17) is 18.9 Å². The van der Waals surface area contributed by atoms with Crippen LogP contribution in [0, 0.1) is 0 Å². The Morgan fingerprint density at radius 2 is 1.38 bits per heavy atom. The minimum atomic E-state index is -0.506. The van der Waals surface area contributed by atoms with Gasteiger partial charge < -0.3 is 18.9 Å². The van der Waals surface area contributed by atoms with E-state index in [0.717, 1.165) is 38.2 Å². The molecule has 0 saturated heterocycles. The summed E-state index contributed by atoms with van der Waals surface area (Å²) in [6.45, 7) is 4.12. The Morgan fingerprint density at radius 3 is 2.03 bits per heavy atom. The minimum absolute atomic E-state index is 0.00673. The van der Waals surface area contributed by atoms with Crippen molar-refractivity contribution in [3.05, 3.63) is 72.3 Å². The van der Waals surface area contributed by atoms with Crippen molar-refractivity contribution in [1.29, 1.82) is 0 Å². The Morgan fingerprint density at radius 1 is 0.794 bits per heavy atom. The fraction of sp³-hybridized carbons (Fsp3) is 0.370. The number of carbonyl (C=O) groups excluding carboxylic acids is 3. The van der Waals surface area contributed by atoms with Crippen LogP contribution in [-0.4, -0.2) is 37.2 Å². The molecule has 2 aromatic carbocycles. The molecule has 1 aliphatic carbocycles. The van der Waals surface area contributed by atoms with E-state index >= 15 is 0 Å². The van der Waals surface area contributed by atoms with E-state index in [-0.39, 0.29) is 12.1 Å². The Bertz CT molecular complexity index is 957. The smallest absolute Gasteiger partial charge is 0.343 e. The lowest BCUT2D eigenvalue weighted by Crippen LogP contribution is -2.20. The lowest BCUT2D eigenvalue weighted by molar-refractivity contribution is -0.137. The highest BCUT2D eigenvalue weighted by Gasteiger charge is 2.19. The molecule has 7 heteroatoms. The summed E-state index contributed by atoms with van der Waals surface area (Å²) in [6.07, 6.45) is 7.74. The third-order valence-corrected chi connectivity index (χ3v) is 5.43. The second-order valence-electron chi connectivity index (χ2n) is 8.03. The lowest BCUT2D eigenvalue weighted by atomic mass is 9.98. The molecule has 180 valence electrons. The van der Waals surface area contributed by atoms with Crippen LogP contribution >= 0.6 is 0 Å². The van der Waals surface area contributed by atoms with E-state index < -0.39 is 11.9 Å². The van der Waals surface area contributed by atoms with Crippen molar-refractivity contribution >= 4 is 17.9 Å². The Labute approximate surface area is 199 Å². The van der Waals surface area contributed by atoms with Crippen LogP contribution in [0.1, 0.15) is 65.7 Å². The number of esters is 3. The highest BCUT2D eigenvalue weighted by Crippen LogP contribution is 2.22. The highest BCUT2D eigenvalue weighted by atomic mass is 16.5. The van der Waals surface area contributed by atoms with E-state index in [9.17, 15) is 14.4 Å². The monoisotopic (exact) mass is 466 g/mol. The quantitative estimate of drug-likeness (QED) is 0.193. The summed E-state index contributed by atoms with van der Waals surface area (Å²) < 4.78 is 21.5. The Balaban J connectivity index is 1.41. The van der Waals surface area contributed by atoms with Crippen molar-refractivity contribution in [3.63, 3.8) is 0 Å². The number of hydrogen-bond acceptors (Lipinski definition) is 7. The van der Waals surface area contributed by atoms with Gasteiger partial charge in [0, 0.05) is 6.08 Å². The van der Waals surface area contributed by atoms with Gasteiger partial charge in [-0.3, -0.25) is 0 Å². The van der Waals surface area contributed by atoms with Crippen molar-refractivity contribution in [2.45, 2.75) is 51.0 Å². The normalized spacial score (nSPS) is 13.5. The first-order valence-corrected chi connectivity index (χ1v) is 11.6. The average molecular weight is 467 g/mol. The number of unbranched alkanes of at least 4 members (excludes halogenated alkanes) is 1. The number of rotatable bonds is 11. The second-order valence-corrected chi connectivity index (χ2v) is 8.03. The third kappa shape index (κ3) is 8.06.